The lowest BCUT2D eigenvalue weighted by Crippen LogP contribution is -2.34. The number of aromatic nitrogens is 1. The monoisotopic (exact) mass is 416 g/mol. The van der Waals surface area contributed by atoms with E-state index in [9.17, 15) is 9.59 Å². The lowest BCUT2D eigenvalue weighted by atomic mass is 10.0. The highest BCUT2D eigenvalue weighted by Gasteiger charge is 2.29. The molecule has 1 N–H and O–H groups in total. The number of nitrogens with zero attached hydrogens (tertiary/aromatic N) is 1. The average Bonchev–Trinajstić information content (AvgIpc) is 3.32. The number of rotatable bonds is 7. The van der Waals surface area contributed by atoms with E-state index in [4.69, 9.17) is 16.3 Å². The van der Waals surface area contributed by atoms with Gasteiger partial charge in [0, 0.05) is 29.7 Å². The average molecular weight is 417 g/mol. The van der Waals surface area contributed by atoms with Gasteiger partial charge in [0.15, 0.2) is 0 Å². The summed E-state index contributed by atoms with van der Waals surface area (Å²) in [5, 5.41) is 0.659. The molecule has 1 fully saturated rings. The standard InChI is InChI=1S/C23H29ClN2O3/c1-4-29-23(28)21-15(2)19(16(3)25-21)14-26(22(27)17-9-5-6-10-17)13-18-11-7-8-12-20(18)24/h7-8,11-12,17,25H,4-6,9-10,13-14H2,1-3H3. The molecule has 1 saturated carbocycles. The molecule has 1 aliphatic carbocycles. The number of benzene rings is 1. The smallest absolute Gasteiger partial charge is 0.355 e. The number of carbonyl (C=O) groups is 2. The van der Waals surface area contributed by atoms with Crippen LogP contribution in [0.3, 0.4) is 0 Å². The fourth-order valence-electron chi connectivity index (χ4n) is 4.10. The van der Waals surface area contributed by atoms with Crippen LogP contribution in [0.2, 0.25) is 5.02 Å². The Balaban J connectivity index is 1.89. The Kier molecular flexibility index (Phi) is 7.01. The Morgan fingerprint density at radius 2 is 1.86 bits per heavy atom. The highest BCUT2D eigenvalue weighted by molar-refractivity contribution is 6.31. The minimum Gasteiger partial charge on any atom is -0.461 e. The van der Waals surface area contributed by atoms with Crippen LogP contribution in [0.15, 0.2) is 24.3 Å². The molecule has 0 atom stereocenters. The van der Waals surface area contributed by atoms with Crippen LogP contribution in [0.4, 0.5) is 0 Å². The van der Waals surface area contributed by atoms with Gasteiger partial charge >= 0.3 is 5.97 Å². The molecule has 0 spiro atoms. The SMILES string of the molecule is CCOC(=O)c1[nH]c(C)c(CN(Cc2ccccc2Cl)C(=O)C2CCCC2)c1C. The van der Waals surface area contributed by atoms with E-state index in [2.05, 4.69) is 4.98 Å². The zero-order valence-corrected chi connectivity index (χ0v) is 18.1. The molecule has 1 aromatic carbocycles. The molecule has 0 saturated heterocycles. The van der Waals surface area contributed by atoms with E-state index >= 15 is 0 Å². The second-order valence-corrected chi connectivity index (χ2v) is 8.12. The predicted octanol–water partition coefficient (Wildman–Crippen LogP) is 5.18. The molecule has 2 aromatic rings. The van der Waals surface area contributed by atoms with Crippen LogP contribution in [0.5, 0.6) is 0 Å². The molecule has 0 radical (unpaired) electrons. The normalized spacial score (nSPS) is 14.2. The van der Waals surface area contributed by atoms with Crippen LogP contribution in [0.1, 0.15) is 65.5 Å². The van der Waals surface area contributed by atoms with Gasteiger partial charge in [-0.3, -0.25) is 4.79 Å². The van der Waals surface area contributed by atoms with Crippen LogP contribution in [-0.4, -0.2) is 28.4 Å². The van der Waals surface area contributed by atoms with Crippen LogP contribution in [0, 0.1) is 19.8 Å². The summed E-state index contributed by atoms with van der Waals surface area (Å²) in [6.07, 6.45) is 4.09. The summed E-state index contributed by atoms with van der Waals surface area (Å²) in [4.78, 5) is 30.6. The maximum atomic E-state index is 13.3. The summed E-state index contributed by atoms with van der Waals surface area (Å²) in [5.41, 5.74) is 4.08. The van der Waals surface area contributed by atoms with Crippen molar-refractivity contribution in [2.45, 2.75) is 59.5 Å². The van der Waals surface area contributed by atoms with Crippen molar-refractivity contribution in [3.8, 4) is 0 Å². The Bertz CT molecular complexity index is 884. The number of hydrogen-bond donors (Lipinski definition) is 1. The third-order valence-corrected chi connectivity index (χ3v) is 6.13. The summed E-state index contributed by atoms with van der Waals surface area (Å²) < 4.78 is 5.15. The van der Waals surface area contributed by atoms with Gasteiger partial charge in [0.2, 0.25) is 5.91 Å². The van der Waals surface area contributed by atoms with Gasteiger partial charge in [0.1, 0.15) is 5.69 Å². The summed E-state index contributed by atoms with van der Waals surface area (Å²) >= 11 is 6.37. The van der Waals surface area contributed by atoms with Crippen molar-refractivity contribution in [1.29, 1.82) is 0 Å². The highest BCUT2D eigenvalue weighted by Crippen LogP contribution is 2.30. The fourth-order valence-corrected chi connectivity index (χ4v) is 4.29. The molecule has 1 amide bonds. The number of H-pyrrole nitrogens is 1. The molecule has 0 aliphatic heterocycles. The first kappa shape index (κ1) is 21.4. The minimum absolute atomic E-state index is 0.0709. The van der Waals surface area contributed by atoms with Crippen molar-refractivity contribution in [1.82, 2.24) is 9.88 Å². The molecule has 6 heteroatoms. The number of esters is 1. The zero-order chi connectivity index (χ0) is 21.0. The quantitative estimate of drug-likeness (QED) is 0.632. The van der Waals surface area contributed by atoms with Crippen molar-refractivity contribution < 1.29 is 14.3 Å². The predicted molar refractivity (Wildman–Crippen MR) is 114 cm³/mol. The summed E-state index contributed by atoms with van der Waals surface area (Å²) in [7, 11) is 0. The van der Waals surface area contributed by atoms with Crippen molar-refractivity contribution in [3.63, 3.8) is 0 Å². The molecule has 0 unspecified atom stereocenters. The first-order valence-corrected chi connectivity index (χ1v) is 10.7. The maximum Gasteiger partial charge on any atom is 0.355 e. The summed E-state index contributed by atoms with van der Waals surface area (Å²) in [6, 6.07) is 7.63. The number of amides is 1. The summed E-state index contributed by atoms with van der Waals surface area (Å²) in [6.45, 7) is 6.83. The molecule has 1 heterocycles. The van der Waals surface area contributed by atoms with Gasteiger partial charge in [-0.1, -0.05) is 42.6 Å². The van der Waals surface area contributed by atoms with E-state index in [1.54, 1.807) is 6.92 Å². The van der Waals surface area contributed by atoms with Crippen LogP contribution in [0.25, 0.3) is 0 Å². The Morgan fingerprint density at radius 1 is 1.17 bits per heavy atom. The van der Waals surface area contributed by atoms with Gasteiger partial charge in [-0.05, 0) is 56.4 Å². The van der Waals surface area contributed by atoms with Gasteiger partial charge < -0.3 is 14.6 Å². The molecule has 1 aromatic heterocycles. The van der Waals surface area contributed by atoms with E-state index in [1.807, 2.05) is 43.0 Å². The van der Waals surface area contributed by atoms with Gasteiger partial charge in [-0.15, -0.1) is 0 Å². The second-order valence-electron chi connectivity index (χ2n) is 7.72. The Morgan fingerprint density at radius 3 is 2.52 bits per heavy atom. The highest BCUT2D eigenvalue weighted by atomic mass is 35.5. The van der Waals surface area contributed by atoms with Crippen molar-refractivity contribution in [3.05, 3.63) is 57.4 Å². The zero-order valence-electron chi connectivity index (χ0n) is 17.4. The molecule has 156 valence electrons. The molecule has 5 nitrogen and oxygen atoms in total. The van der Waals surface area contributed by atoms with E-state index in [0.29, 0.717) is 30.4 Å². The van der Waals surface area contributed by atoms with Gasteiger partial charge in [-0.2, -0.15) is 0 Å². The van der Waals surface area contributed by atoms with E-state index < -0.39 is 0 Å². The molecular weight excluding hydrogens is 388 g/mol. The number of ether oxygens (including phenoxy) is 1. The molecular formula is C23H29ClN2O3. The lowest BCUT2D eigenvalue weighted by molar-refractivity contribution is -0.136. The topological polar surface area (TPSA) is 62.4 Å². The molecule has 3 rings (SSSR count). The number of hydrogen-bond acceptors (Lipinski definition) is 3. The number of carbonyl (C=O) groups excluding carboxylic acids is 2. The number of nitrogens with one attached hydrogen (secondary N) is 1. The summed E-state index contributed by atoms with van der Waals surface area (Å²) in [5.74, 6) is -0.124. The largest absolute Gasteiger partial charge is 0.461 e. The van der Waals surface area contributed by atoms with Gasteiger partial charge in [-0.25, -0.2) is 4.79 Å². The Hall–Kier alpha value is -2.27. The van der Waals surface area contributed by atoms with E-state index in [1.165, 1.54) is 0 Å². The van der Waals surface area contributed by atoms with Crippen molar-refractivity contribution in [2.24, 2.45) is 5.92 Å². The third-order valence-electron chi connectivity index (χ3n) is 5.76. The van der Waals surface area contributed by atoms with Crippen LogP contribution in [-0.2, 0) is 22.6 Å². The molecule has 29 heavy (non-hydrogen) atoms. The molecule has 0 bridgehead atoms. The fraction of sp³-hybridized carbons (Fsp3) is 0.478. The minimum atomic E-state index is -0.362. The number of halogens is 1. The van der Waals surface area contributed by atoms with Crippen LogP contribution >= 0.6 is 11.6 Å². The van der Waals surface area contributed by atoms with Gasteiger partial charge in [0.25, 0.3) is 0 Å². The van der Waals surface area contributed by atoms with Crippen molar-refractivity contribution in [2.75, 3.05) is 6.61 Å². The van der Waals surface area contributed by atoms with Crippen LogP contribution < -0.4 is 0 Å². The Labute approximate surface area is 177 Å². The van der Waals surface area contributed by atoms with Crippen molar-refractivity contribution >= 4 is 23.5 Å². The molecule has 1 aliphatic rings. The first-order chi connectivity index (χ1) is 13.9. The number of aromatic amines is 1. The van der Waals surface area contributed by atoms with E-state index in [0.717, 1.165) is 48.1 Å². The second kappa shape index (κ2) is 9.49. The third kappa shape index (κ3) is 4.84. The first-order valence-electron chi connectivity index (χ1n) is 10.3. The lowest BCUT2D eigenvalue weighted by Gasteiger charge is -2.27. The number of aryl methyl sites for hydroxylation is 1. The van der Waals surface area contributed by atoms with Gasteiger partial charge in [0.05, 0.1) is 6.61 Å². The maximum absolute atomic E-state index is 13.3. The van der Waals surface area contributed by atoms with E-state index in [-0.39, 0.29) is 17.8 Å².